The number of ether oxygens (including phenoxy) is 1. The van der Waals surface area contributed by atoms with Crippen LogP contribution in [-0.2, 0) is 34.0 Å². The lowest BCUT2D eigenvalue weighted by atomic mass is 10.0. The molecule has 0 aliphatic carbocycles. The van der Waals surface area contributed by atoms with Gasteiger partial charge in [-0.25, -0.2) is 18.2 Å². The number of aromatic nitrogens is 2. The number of halogens is 3. The van der Waals surface area contributed by atoms with Gasteiger partial charge >= 0.3 is 6.18 Å². The number of alkyl halides is 3. The fourth-order valence-electron chi connectivity index (χ4n) is 3.44. The van der Waals surface area contributed by atoms with Crippen LogP contribution in [0.1, 0.15) is 23.7 Å². The Hall–Kier alpha value is -2.69. The molecule has 0 spiro atoms. The molecule has 2 heterocycles. The minimum Gasteiger partial charge on any atom is -0.373 e. The van der Waals surface area contributed by atoms with Crippen LogP contribution in [0.25, 0.3) is 16.9 Å². The number of benzene rings is 2. The normalized spacial score (nSPS) is 17.0. The molecule has 6 nitrogen and oxygen atoms in total. The molecule has 3 aromatic rings. The van der Waals surface area contributed by atoms with Crippen molar-refractivity contribution in [1.29, 1.82) is 0 Å². The monoisotopic (exact) mass is 437 g/mol. The van der Waals surface area contributed by atoms with Crippen molar-refractivity contribution < 1.29 is 26.3 Å². The molecule has 158 valence electrons. The van der Waals surface area contributed by atoms with Gasteiger partial charge < -0.3 is 4.74 Å². The summed E-state index contributed by atoms with van der Waals surface area (Å²) >= 11 is 0. The highest BCUT2D eigenvalue weighted by atomic mass is 32.2. The Bertz CT molecular complexity index is 1190. The molecule has 30 heavy (non-hydrogen) atoms. The SMILES string of the molecule is C[C@H]1Cc2c(c(-c3ccc(S(N)(=O)=O)cc3)nn2-c2ccc(C(F)(F)F)cc2)CO1. The van der Waals surface area contributed by atoms with Crippen molar-refractivity contribution in [3.8, 4) is 16.9 Å². The van der Waals surface area contributed by atoms with Crippen LogP contribution < -0.4 is 5.14 Å². The summed E-state index contributed by atoms with van der Waals surface area (Å²) in [6.45, 7) is 2.21. The topological polar surface area (TPSA) is 87.2 Å². The maximum atomic E-state index is 12.9. The molecule has 0 amide bonds. The van der Waals surface area contributed by atoms with Crippen molar-refractivity contribution in [2.45, 2.75) is 37.1 Å². The second kappa shape index (κ2) is 7.22. The van der Waals surface area contributed by atoms with Gasteiger partial charge in [-0.3, -0.25) is 0 Å². The van der Waals surface area contributed by atoms with E-state index in [0.29, 0.717) is 30.0 Å². The summed E-state index contributed by atoms with van der Waals surface area (Å²) in [5.41, 5.74) is 2.67. The molecule has 0 saturated carbocycles. The molecule has 1 aliphatic heterocycles. The van der Waals surface area contributed by atoms with E-state index in [-0.39, 0.29) is 11.0 Å². The first kappa shape index (κ1) is 20.6. The minimum atomic E-state index is -4.42. The quantitative estimate of drug-likeness (QED) is 0.677. The molecule has 0 unspecified atom stereocenters. The van der Waals surface area contributed by atoms with E-state index in [9.17, 15) is 21.6 Å². The molecule has 1 aliphatic rings. The summed E-state index contributed by atoms with van der Waals surface area (Å²) in [6.07, 6.45) is -3.95. The van der Waals surface area contributed by atoms with Crippen LogP contribution in [-0.4, -0.2) is 24.3 Å². The van der Waals surface area contributed by atoms with E-state index in [4.69, 9.17) is 9.88 Å². The molecule has 1 aromatic heterocycles. The lowest BCUT2D eigenvalue weighted by Gasteiger charge is -2.21. The summed E-state index contributed by atoms with van der Waals surface area (Å²) in [5.74, 6) is 0. The molecule has 0 radical (unpaired) electrons. The average Bonchev–Trinajstić information content (AvgIpc) is 3.05. The third kappa shape index (κ3) is 3.85. The van der Waals surface area contributed by atoms with E-state index in [1.807, 2.05) is 6.92 Å². The fourth-order valence-corrected chi connectivity index (χ4v) is 3.96. The third-order valence-electron chi connectivity index (χ3n) is 4.98. The molecule has 0 bridgehead atoms. The van der Waals surface area contributed by atoms with Gasteiger partial charge in [0.05, 0.1) is 40.2 Å². The second-order valence-electron chi connectivity index (χ2n) is 7.13. The first-order valence-corrected chi connectivity index (χ1v) is 10.6. The largest absolute Gasteiger partial charge is 0.416 e. The van der Waals surface area contributed by atoms with Gasteiger partial charge in [-0.1, -0.05) is 12.1 Å². The van der Waals surface area contributed by atoms with Crippen LogP contribution in [0.5, 0.6) is 0 Å². The molecule has 4 rings (SSSR count). The Morgan fingerprint density at radius 2 is 1.73 bits per heavy atom. The van der Waals surface area contributed by atoms with E-state index < -0.39 is 21.8 Å². The van der Waals surface area contributed by atoms with Crippen molar-refractivity contribution in [2.24, 2.45) is 5.14 Å². The first-order chi connectivity index (χ1) is 14.0. The van der Waals surface area contributed by atoms with E-state index in [2.05, 4.69) is 5.10 Å². The number of sulfonamides is 1. The van der Waals surface area contributed by atoms with E-state index >= 15 is 0 Å². The molecule has 1 atom stereocenters. The highest BCUT2D eigenvalue weighted by Gasteiger charge is 2.31. The number of fused-ring (bicyclic) bond motifs is 1. The highest BCUT2D eigenvalue weighted by molar-refractivity contribution is 7.89. The van der Waals surface area contributed by atoms with E-state index in [1.165, 1.54) is 24.3 Å². The third-order valence-corrected chi connectivity index (χ3v) is 5.91. The zero-order valence-electron chi connectivity index (χ0n) is 15.8. The summed E-state index contributed by atoms with van der Waals surface area (Å²) in [7, 11) is -3.82. The number of hydrogen-bond acceptors (Lipinski definition) is 4. The van der Waals surface area contributed by atoms with Crippen LogP contribution in [0.4, 0.5) is 13.2 Å². The van der Waals surface area contributed by atoms with Gasteiger partial charge in [-0.05, 0) is 43.3 Å². The van der Waals surface area contributed by atoms with E-state index in [0.717, 1.165) is 23.4 Å². The maximum Gasteiger partial charge on any atom is 0.416 e. The summed E-state index contributed by atoms with van der Waals surface area (Å²) in [5, 5.41) is 9.77. The zero-order chi connectivity index (χ0) is 21.7. The van der Waals surface area contributed by atoms with Gasteiger partial charge in [0, 0.05) is 17.5 Å². The van der Waals surface area contributed by atoms with Gasteiger partial charge in [-0.15, -0.1) is 0 Å². The predicted octanol–water partition coefficient (Wildman–Crippen LogP) is 3.67. The van der Waals surface area contributed by atoms with Gasteiger partial charge in [0.25, 0.3) is 0 Å². The lowest BCUT2D eigenvalue weighted by Crippen LogP contribution is -2.21. The van der Waals surface area contributed by atoms with Gasteiger partial charge in [0.15, 0.2) is 0 Å². The number of hydrogen-bond donors (Lipinski definition) is 1. The van der Waals surface area contributed by atoms with Crippen molar-refractivity contribution >= 4 is 10.0 Å². The molecular weight excluding hydrogens is 419 g/mol. The molecule has 0 fully saturated rings. The van der Waals surface area contributed by atoms with Crippen molar-refractivity contribution in [1.82, 2.24) is 9.78 Å². The molecule has 10 heteroatoms. The van der Waals surface area contributed by atoms with Crippen LogP contribution in [0, 0.1) is 0 Å². The summed E-state index contributed by atoms with van der Waals surface area (Å²) in [4.78, 5) is -0.0211. The Labute approximate surface area is 171 Å². The standard InChI is InChI=1S/C20H18F3N3O3S/c1-12-10-18-17(11-29-12)19(13-2-8-16(9-3-13)30(24,27)28)25-26(18)15-6-4-14(5-7-15)20(21,22)23/h2-9,12H,10-11H2,1H3,(H2,24,27,28)/t12-/m0/s1. The number of nitrogens with two attached hydrogens (primary N) is 1. The van der Waals surface area contributed by atoms with Gasteiger partial charge in [0.1, 0.15) is 0 Å². The van der Waals surface area contributed by atoms with E-state index in [1.54, 1.807) is 16.8 Å². The summed E-state index contributed by atoms with van der Waals surface area (Å²) < 4.78 is 69.0. The number of primary sulfonamides is 1. The zero-order valence-corrected chi connectivity index (χ0v) is 16.7. The van der Waals surface area contributed by atoms with Crippen LogP contribution >= 0.6 is 0 Å². The highest BCUT2D eigenvalue weighted by Crippen LogP contribution is 2.34. The molecular formula is C20H18F3N3O3S. The van der Waals surface area contributed by atoms with Crippen molar-refractivity contribution in [3.05, 3.63) is 65.4 Å². The summed E-state index contributed by atoms with van der Waals surface area (Å²) in [6, 6.07) is 10.8. The van der Waals surface area contributed by atoms with Crippen molar-refractivity contribution in [2.75, 3.05) is 0 Å². The first-order valence-electron chi connectivity index (χ1n) is 9.07. The van der Waals surface area contributed by atoms with Gasteiger partial charge in [-0.2, -0.15) is 18.3 Å². The Kier molecular flexibility index (Phi) is 4.95. The predicted molar refractivity (Wildman–Crippen MR) is 103 cm³/mol. The van der Waals surface area contributed by atoms with Crippen LogP contribution in [0.2, 0.25) is 0 Å². The second-order valence-corrected chi connectivity index (χ2v) is 8.69. The smallest absolute Gasteiger partial charge is 0.373 e. The van der Waals surface area contributed by atoms with Crippen LogP contribution in [0.15, 0.2) is 53.4 Å². The van der Waals surface area contributed by atoms with Crippen LogP contribution in [0.3, 0.4) is 0 Å². The number of nitrogens with zero attached hydrogens (tertiary/aromatic N) is 2. The maximum absolute atomic E-state index is 12.9. The average molecular weight is 437 g/mol. The Morgan fingerprint density at radius 3 is 2.30 bits per heavy atom. The molecule has 2 N–H and O–H groups in total. The lowest BCUT2D eigenvalue weighted by molar-refractivity contribution is -0.137. The van der Waals surface area contributed by atoms with Gasteiger partial charge in [0.2, 0.25) is 10.0 Å². The number of rotatable bonds is 3. The Balaban J connectivity index is 1.80. The minimum absolute atomic E-state index is 0.0211. The Morgan fingerprint density at radius 1 is 1.10 bits per heavy atom. The van der Waals surface area contributed by atoms with Crippen molar-refractivity contribution in [3.63, 3.8) is 0 Å². The molecule has 2 aromatic carbocycles. The fraction of sp³-hybridized carbons (Fsp3) is 0.250. The molecule has 0 saturated heterocycles.